The highest BCUT2D eigenvalue weighted by Crippen LogP contribution is 2.28. The minimum Gasteiger partial charge on any atom is -0.318 e. The van der Waals surface area contributed by atoms with Crippen molar-refractivity contribution in [3.63, 3.8) is 0 Å². The number of benzene rings is 3. The summed E-state index contributed by atoms with van der Waals surface area (Å²) >= 11 is 0. The molecule has 3 aromatic carbocycles. The molecule has 1 aromatic heterocycles. The number of aryl methyl sites for hydroxylation is 4. The van der Waals surface area contributed by atoms with Crippen LogP contribution in [-0.2, 0) is 14.8 Å². The molecule has 38 heavy (non-hydrogen) atoms. The highest BCUT2D eigenvalue weighted by molar-refractivity contribution is 7.92. The van der Waals surface area contributed by atoms with Crippen LogP contribution in [0, 0.1) is 34.6 Å². The number of anilines is 1. The molecule has 0 saturated carbocycles. The highest BCUT2D eigenvalue weighted by atomic mass is 32.2. The zero-order valence-electron chi connectivity index (χ0n) is 22.3. The van der Waals surface area contributed by atoms with Gasteiger partial charge >= 0.3 is 0 Å². The third kappa shape index (κ3) is 5.70. The maximum atomic E-state index is 13.7. The van der Waals surface area contributed by atoms with E-state index in [9.17, 15) is 13.2 Å². The number of nitrogens with zero attached hydrogens (tertiary/aromatic N) is 3. The van der Waals surface area contributed by atoms with Crippen LogP contribution in [0.5, 0.6) is 0 Å². The van der Waals surface area contributed by atoms with Gasteiger partial charge in [0, 0.05) is 22.6 Å². The molecule has 1 amide bonds. The first kappa shape index (κ1) is 26.9. The average Bonchev–Trinajstić information content (AvgIpc) is 3.17. The van der Waals surface area contributed by atoms with E-state index in [0.717, 1.165) is 43.6 Å². The van der Waals surface area contributed by atoms with E-state index in [1.807, 2.05) is 83.1 Å². The topological polar surface area (TPSA) is 83.8 Å². The summed E-state index contributed by atoms with van der Waals surface area (Å²) in [6.07, 6.45) is 1.58. The molecule has 0 saturated heterocycles. The van der Waals surface area contributed by atoms with Crippen molar-refractivity contribution in [3.05, 3.63) is 113 Å². The first-order chi connectivity index (χ1) is 18.1. The third-order valence-corrected chi connectivity index (χ3v) is 8.18. The molecule has 8 heteroatoms. The van der Waals surface area contributed by atoms with Crippen molar-refractivity contribution >= 4 is 27.8 Å². The molecule has 1 heterocycles. The number of hydrogen-bond donors (Lipinski definition) is 1. The Bertz CT molecular complexity index is 1590. The van der Waals surface area contributed by atoms with E-state index in [1.165, 1.54) is 0 Å². The van der Waals surface area contributed by atoms with E-state index in [1.54, 1.807) is 36.5 Å². The van der Waals surface area contributed by atoms with E-state index < -0.39 is 22.5 Å². The Labute approximate surface area is 224 Å². The molecule has 0 spiro atoms. The van der Waals surface area contributed by atoms with Crippen molar-refractivity contribution < 1.29 is 13.2 Å². The second kappa shape index (κ2) is 11.1. The fraction of sp³-hybridized carbons (Fsp3) is 0.200. The van der Waals surface area contributed by atoms with Gasteiger partial charge in [0.15, 0.2) is 0 Å². The van der Waals surface area contributed by atoms with Crippen molar-refractivity contribution in [1.82, 2.24) is 9.99 Å². The third-order valence-electron chi connectivity index (χ3n) is 6.41. The first-order valence-corrected chi connectivity index (χ1v) is 13.7. The summed E-state index contributed by atoms with van der Waals surface area (Å²) in [7, 11) is -4.00. The predicted molar refractivity (Wildman–Crippen MR) is 153 cm³/mol. The largest absolute Gasteiger partial charge is 0.318 e. The summed E-state index contributed by atoms with van der Waals surface area (Å²) in [5.74, 6) is -0.547. The van der Waals surface area contributed by atoms with Crippen molar-refractivity contribution in [3.8, 4) is 5.69 Å². The molecule has 0 fully saturated rings. The molecule has 7 nitrogen and oxygen atoms in total. The van der Waals surface area contributed by atoms with Crippen molar-refractivity contribution in [2.45, 2.75) is 39.5 Å². The van der Waals surface area contributed by atoms with Gasteiger partial charge in [0.2, 0.25) is 0 Å². The van der Waals surface area contributed by atoms with Crippen LogP contribution in [-0.4, -0.2) is 31.7 Å². The van der Waals surface area contributed by atoms with Gasteiger partial charge in [0.1, 0.15) is 6.54 Å². The van der Waals surface area contributed by atoms with E-state index in [4.69, 9.17) is 0 Å². The lowest BCUT2D eigenvalue weighted by molar-refractivity contribution is -0.119. The number of sulfonamides is 1. The molecule has 0 unspecified atom stereocenters. The summed E-state index contributed by atoms with van der Waals surface area (Å²) in [5, 5.41) is 4.14. The smallest absolute Gasteiger partial charge is 0.264 e. The number of rotatable bonds is 8. The van der Waals surface area contributed by atoms with Gasteiger partial charge < -0.3 is 4.57 Å². The number of para-hydroxylation sites is 1. The second-order valence-corrected chi connectivity index (χ2v) is 11.3. The zero-order chi connectivity index (χ0) is 27.4. The zero-order valence-corrected chi connectivity index (χ0v) is 23.1. The number of carbonyl (C=O) groups is 1. The molecule has 196 valence electrons. The number of hydrazone groups is 1. The van der Waals surface area contributed by atoms with Crippen LogP contribution in [0.15, 0.2) is 88.9 Å². The van der Waals surface area contributed by atoms with Crippen molar-refractivity contribution in [2.75, 3.05) is 10.8 Å². The SMILES string of the molecule is Cc1ccc(S(=O)(=O)N(CC(=O)N/N=C\c2cc(C)n(-c3ccccc3)c2C)c2cc(C)ccc2C)cc1. The van der Waals surface area contributed by atoms with Crippen LogP contribution in [0.4, 0.5) is 5.69 Å². The standard InChI is InChI=1S/C30H32N4O3S/c1-21-12-15-28(16-13-21)38(36,37)33(29-17-22(2)11-14-23(29)3)20-30(35)32-31-19-26-18-24(4)34(25(26)5)27-9-7-6-8-10-27/h6-19H,20H2,1-5H3,(H,32,35)/b31-19-. The summed E-state index contributed by atoms with van der Waals surface area (Å²) in [6.45, 7) is 9.18. The number of carbonyl (C=O) groups excluding carboxylic acids is 1. The fourth-order valence-corrected chi connectivity index (χ4v) is 5.83. The monoisotopic (exact) mass is 528 g/mol. The van der Waals surface area contributed by atoms with Crippen LogP contribution in [0.1, 0.15) is 33.6 Å². The summed E-state index contributed by atoms with van der Waals surface area (Å²) in [5.41, 5.74) is 9.45. The number of amides is 1. The van der Waals surface area contributed by atoms with Gasteiger partial charge in [-0.1, -0.05) is 48.0 Å². The Morgan fingerprint density at radius 3 is 2.24 bits per heavy atom. The van der Waals surface area contributed by atoms with Gasteiger partial charge in [0.25, 0.3) is 15.9 Å². The fourth-order valence-electron chi connectivity index (χ4n) is 4.36. The molecular formula is C30H32N4O3S. The molecule has 0 aliphatic carbocycles. The lowest BCUT2D eigenvalue weighted by Gasteiger charge is -2.25. The lowest BCUT2D eigenvalue weighted by Crippen LogP contribution is -2.40. The Morgan fingerprint density at radius 1 is 0.895 bits per heavy atom. The molecule has 4 aromatic rings. The first-order valence-electron chi connectivity index (χ1n) is 12.3. The van der Waals surface area contributed by atoms with Crippen LogP contribution in [0.2, 0.25) is 0 Å². The summed E-state index contributed by atoms with van der Waals surface area (Å²) in [6, 6.07) is 24.1. The maximum Gasteiger partial charge on any atom is 0.264 e. The Kier molecular flexibility index (Phi) is 7.83. The van der Waals surface area contributed by atoms with Gasteiger partial charge in [-0.15, -0.1) is 0 Å². The Morgan fingerprint density at radius 2 is 1.55 bits per heavy atom. The van der Waals surface area contributed by atoms with Crippen LogP contribution in [0.25, 0.3) is 5.69 Å². The summed E-state index contributed by atoms with van der Waals surface area (Å²) in [4.78, 5) is 13.1. The lowest BCUT2D eigenvalue weighted by atomic mass is 10.1. The van der Waals surface area contributed by atoms with Gasteiger partial charge in [-0.2, -0.15) is 5.10 Å². The van der Waals surface area contributed by atoms with Crippen molar-refractivity contribution in [2.24, 2.45) is 5.10 Å². The molecule has 0 radical (unpaired) electrons. The maximum absolute atomic E-state index is 13.7. The van der Waals surface area contributed by atoms with E-state index in [2.05, 4.69) is 15.1 Å². The van der Waals surface area contributed by atoms with E-state index in [0.29, 0.717) is 5.69 Å². The molecular weight excluding hydrogens is 496 g/mol. The molecule has 0 aliphatic rings. The molecule has 0 bridgehead atoms. The van der Waals surface area contributed by atoms with E-state index >= 15 is 0 Å². The molecule has 0 atom stereocenters. The predicted octanol–water partition coefficient (Wildman–Crippen LogP) is 5.37. The van der Waals surface area contributed by atoms with Gasteiger partial charge in [-0.3, -0.25) is 9.10 Å². The van der Waals surface area contributed by atoms with Gasteiger partial charge in [-0.05, 0) is 82.1 Å². The van der Waals surface area contributed by atoms with Crippen LogP contribution < -0.4 is 9.73 Å². The minimum atomic E-state index is -4.00. The van der Waals surface area contributed by atoms with Gasteiger partial charge in [0.05, 0.1) is 16.8 Å². The van der Waals surface area contributed by atoms with Crippen LogP contribution >= 0.6 is 0 Å². The average molecular weight is 529 g/mol. The molecule has 4 rings (SSSR count). The highest BCUT2D eigenvalue weighted by Gasteiger charge is 2.28. The number of aromatic nitrogens is 1. The normalized spacial score (nSPS) is 11.6. The quantitative estimate of drug-likeness (QED) is 0.247. The Balaban J connectivity index is 1.58. The number of hydrogen-bond acceptors (Lipinski definition) is 4. The second-order valence-electron chi connectivity index (χ2n) is 9.41. The van der Waals surface area contributed by atoms with E-state index in [-0.39, 0.29) is 4.90 Å². The Hall–Kier alpha value is -4.17. The number of nitrogens with one attached hydrogen (secondary N) is 1. The minimum absolute atomic E-state index is 0.119. The molecule has 1 N–H and O–H groups in total. The van der Waals surface area contributed by atoms with Gasteiger partial charge in [-0.25, -0.2) is 13.8 Å². The summed E-state index contributed by atoms with van der Waals surface area (Å²) < 4.78 is 30.6. The van der Waals surface area contributed by atoms with Crippen LogP contribution in [0.3, 0.4) is 0 Å². The van der Waals surface area contributed by atoms with Crippen molar-refractivity contribution in [1.29, 1.82) is 0 Å². The molecule has 0 aliphatic heterocycles.